The van der Waals surface area contributed by atoms with Crippen LogP contribution >= 0.6 is 15.9 Å². The van der Waals surface area contributed by atoms with Crippen molar-refractivity contribution in [3.63, 3.8) is 0 Å². The predicted molar refractivity (Wildman–Crippen MR) is 108 cm³/mol. The second-order valence-corrected chi connectivity index (χ2v) is 7.81. The minimum Gasteiger partial charge on any atom is -0.494 e. The largest absolute Gasteiger partial charge is 0.494 e. The van der Waals surface area contributed by atoms with Gasteiger partial charge in [-0.15, -0.1) is 0 Å². The van der Waals surface area contributed by atoms with E-state index >= 15 is 0 Å². The molecule has 6 nitrogen and oxygen atoms in total. The molecule has 0 unspecified atom stereocenters. The number of nitrogens with zero attached hydrogens (tertiary/aromatic N) is 2. The molecule has 1 aliphatic heterocycles. The van der Waals surface area contributed by atoms with E-state index in [0.29, 0.717) is 17.8 Å². The number of benzene rings is 1. The Kier molecular flexibility index (Phi) is 6.96. The Balaban J connectivity index is 1.43. The Morgan fingerprint density at radius 2 is 2.11 bits per heavy atom. The number of hydrogen-bond donors (Lipinski definition) is 1. The Morgan fingerprint density at radius 3 is 2.71 bits per heavy atom. The van der Waals surface area contributed by atoms with Crippen LogP contribution < -0.4 is 10.1 Å². The highest BCUT2D eigenvalue weighted by Gasteiger charge is 2.22. The SMILES string of the molecule is COc1ccc(CN2CCC(NC(=O)N(C)Cc3ccc(Br)o3)CC2)cc1F. The van der Waals surface area contributed by atoms with Crippen LogP contribution in [-0.2, 0) is 13.1 Å². The van der Waals surface area contributed by atoms with Crippen molar-refractivity contribution in [2.45, 2.75) is 32.0 Å². The molecular weight excluding hydrogens is 429 g/mol. The van der Waals surface area contributed by atoms with Crippen LogP contribution in [0.5, 0.6) is 5.75 Å². The molecule has 0 bridgehead atoms. The van der Waals surface area contributed by atoms with Gasteiger partial charge in [-0.25, -0.2) is 9.18 Å². The fourth-order valence-corrected chi connectivity index (χ4v) is 3.67. The lowest BCUT2D eigenvalue weighted by Crippen LogP contribution is -2.47. The summed E-state index contributed by atoms with van der Waals surface area (Å²) in [5, 5.41) is 3.08. The standard InChI is InChI=1S/C20H25BrFN3O3/c1-24(13-16-4-6-19(21)28-16)20(26)23-15-7-9-25(10-8-15)12-14-3-5-18(27-2)17(22)11-14/h3-6,11,15H,7-10,12-13H2,1-2H3,(H,23,26). The quantitative estimate of drug-likeness (QED) is 0.717. The van der Waals surface area contributed by atoms with Gasteiger partial charge in [0.25, 0.3) is 0 Å². The number of nitrogens with one attached hydrogen (secondary N) is 1. The molecule has 2 aromatic rings. The average Bonchev–Trinajstić information content (AvgIpc) is 3.08. The van der Waals surface area contributed by atoms with Crippen LogP contribution in [0.3, 0.4) is 0 Å². The van der Waals surface area contributed by atoms with E-state index in [0.717, 1.165) is 37.3 Å². The number of ether oxygens (including phenoxy) is 1. The van der Waals surface area contributed by atoms with E-state index in [4.69, 9.17) is 9.15 Å². The van der Waals surface area contributed by atoms with Gasteiger partial charge in [0.2, 0.25) is 0 Å². The molecule has 28 heavy (non-hydrogen) atoms. The van der Waals surface area contributed by atoms with E-state index in [1.807, 2.05) is 18.2 Å². The van der Waals surface area contributed by atoms with Gasteiger partial charge in [0.15, 0.2) is 16.2 Å². The molecule has 0 radical (unpaired) electrons. The number of likely N-dealkylation sites (tertiary alicyclic amines) is 1. The molecule has 1 N–H and O–H groups in total. The van der Waals surface area contributed by atoms with Gasteiger partial charge in [-0.05, 0) is 58.6 Å². The van der Waals surface area contributed by atoms with Gasteiger partial charge in [-0.1, -0.05) is 6.07 Å². The van der Waals surface area contributed by atoms with Crippen LogP contribution in [0.15, 0.2) is 39.4 Å². The molecule has 152 valence electrons. The number of hydrogen-bond acceptors (Lipinski definition) is 4. The number of methoxy groups -OCH3 is 1. The number of rotatable bonds is 6. The molecule has 3 rings (SSSR count). The van der Waals surface area contributed by atoms with Crippen molar-refractivity contribution in [1.82, 2.24) is 15.1 Å². The zero-order chi connectivity index (χ0) is 20.1. The number of amides is 2. The fraction of sp³-hybridized carbons (Fsp3) is 0.450. The van der Waals surface area contributed by atoms with E-state index in [2.05, 4.69) is 26.1 Å². The van der Waals surface area contributed by atoms with Gasteiger partial charge in [-0.2, -0.15) is 0 Å². The lowest BCUT2D eigenvalue weighted by atomic mass is 10.0. The highest BCUT2D eigenvalue weighted by atomic mass is 79.9. The van der Waals surface area contributed by atoms with Crippen molar-refractivity contribution < 1.29 is 18.3 Å². The average molecular weight is 454 g/mol. The number of carbonyl (C=O) groups is 1. The van der Waals surface area contributed by atoms with Gasteiger partial charge < -0.3 is 19.4 Å². The van der Waals surface area contributed by atoms with Gasteiger partial charge in [0.05, 0.1) is 13.7 Å². The molecule has 0 atom stereocenters. The predicted octanol–water partition coefficient (Wildman–Crippen LogP) is 4.00. The maximum absolute atomic E-state index is 13.8. The molecule has 2 heterocycles. The van der Waals surface area contributed by atoms with Crippen LogP contribution in [-0.4, -0.2) is 49.1 Å². The highest BCUT2D eigenvalue weighted by molar-refractivity contribution is 9.10. The summed E-state index contributed by atoms with van der Waals surface area (Å²) >= 11 is 3.26. The Bertz CT molecular complexity index is 806. The van der Waals surface area contributed by atoms with Gasteiger partial charge in [0, 0.05) is 32.7 Å². The van der Waals surface area contributed by atoms with E-state index in [-0.39, 0.29) is 23.6 Å². The van der Waals surface area contributed by atoms with E-state index in [1.54, 1.807) is 18.0 Å². The fourth-order valence-electron chi connectivity index (χ4n) is 3.33. The first-order chi connectivity index (χ1) is 13.4. The van der Waals surface area contributed by atoms with Crippen molar-refractivity contribution in [3.8, 4) is 5.75 Å². The first-order valence-electron chi connectivity index (χ1n) is 9.25. The molecule has 1 aromatic heterocycles. The topological polar surface area (TPSA) is 58.0 Å². The molecule has 1 aromatic carbocycles. The summed E-state index contributed by atoms with van der Waals surface area (Å²) in [6, 6.07) is 8.75. The number of urea groups is 1. The molecule has 0 saturated carbocycles. The minimum atomic E-state index is -0.339. The van der Waals surface area contributed by atoms with Crippen molar-refractivity contribution in [3.05, 3.63) is 52.1 Å². The first kappa shape index (κ1) is 20.7. The summed E-state index contributed by atoms with van der Waals surface area (Å²) in [6.07, 6.45) is 1.73. The summed E-state index contributed by atoms with van der Waals surface area (Å²) in [4.78, 5) is 16.3. The van der Waals surface area contributed by atoms with E-state index < -0.39 is 0 Å². The maximum Gasteiger partial charge on any atom is 0.317 e. The summed E-state index contributed by atoms with van der Waals surface area (Å²) in [5.74, 6) is 0.649. The van der Waals surface area contributed by atoms with Crippen molar-refractivity contribution in [2.24, 2.45) is 0 Å². The number of carbonyl (C=O) groups excluding carboxylic acids is 1. The van der Waals surface area contributed by atoms with Crippen molar-refractivity contribution in [2.75, 3.05) is 27.2 Å². The van der Waals surface area contributed by atoms with Crippen molar-refractivity contribution in [1.29, 1.82) is 0 Å². The third kappa shape index (κ3) is 5.48. The zero-order valence-corrected chi connectivity index (χ0v) is 17.7. The smallest absolute Gasteiger partial charge is 0.317 e. The lowest BCUT2D eigenvalue weighted by Gasteiger charge is -2.33. The lowest BCUT2D eigenvalue weighted by molar-refractivity contribution is 0.171. The third-order valence-electron chi connectivity index (χ3n) is 4.91. The summed E-state index contributed by atoms with van der Waals surface area (Å²) < 4.78 is 24.9. The Hall–Kier alpha value is -2.06. The molecule has 2 amide bonds. The maximum atomic E-state index is 13.8. The molecule has 1 saturated heterocycles. The third-order valence-corrected chi connectivity index (χ3v) is 5.33. The summed E-state index contributed by atoms with van der Waals surface area (Å²) in [5.41, 5.74) is 0.921. The number of halogens is 2. The second-order valence-electron chi connectivity index (χ2n) is 7.03. The minimum absolute atomic E-state index is 0.108. The monoisotopic (exact) mass is 453 g/mol. The van der Waals surface area contributed by atoms with Crippen LogP contribution in [0.2, 0.25) is 0 Å². The molecule has 0 aliphatic carbocycles. The van der Waals surface area contributed by atoms with Crippen LogP contribution in [0, 0.1) is 5.82 Å². The zero-order valence-electron chi connectivity index (χ0n) is 16.1. The van der Waals surface area contributed by atoms with E-state index in [9.17, 15) is 9.18 Å². The molecule has 1 fully saturated rings. The molecule has 0 spiro atoms. The molecule has 8 heteroatoms. The van der Waals surface area contributed by atoms with Crippen LogP contribution in [0.1, 0.15) is 24.2 Å². The highest BCUT2D eigenvalue weighted by Crippen LogP contribution is 2.20. The first-order valence-corrected chi connectivity index (χ1v) is 10.0. The molecular formula is C20H25BrFN3O3. The van der Waals surface area contributed by atoms with Gasteiger partial charge in [0.1, 0.15) is 5.76 Å². The van der Waals surface area contributed by atoms with Crippen molar-refractivity contribution >= 4 is 22.0 Å². The Labute approximate surface area is 172 Å². The normalized spacial score (nSPS) is 15.4. The van der Waals surface area contributed by atoms with Crippen LogP contribution in [0.25, 0.3) is 0 Å². The number of piperidine rings is 1. The van der Waals surface area contributed by atoms with Gasteiger partial charge >= 0.3 is 6.03 Å². The summed E-state index contributed by atoms with van der Waals surface area (Å²) in [6.45, 7) is 2.81. The van der Waals surface area contributed by atoms with Crippen LogP contribution in [0.4, 0.5) is 9.18 Å². The summed E-state index contributed by atoms with van der Waals surface area (Å²) in [7, 11) is 3.21. The molecule has 1 aliphatic rings. The number of furan rings is 1. The second kappa shape index (κ2) is 9.43. The van der Waals surface area contributed by atoms with Gasteiger partial charge in [-0.3, -0.25) is 4.90 Å². The Morgan fingerprint density at radius 1 is 1.36 bits per heavy atom. The van der Waals surface area contributed by atoms with E-state index in [1.165, 1.54) is 13.2 Å².